The highest BCUT2D eigenvalue weighted by Crippen LogP contribution is 2.43. The highest BCUT2D eigenvalue weighted by atomic mass is 31.2. The highest BCUT2D eigenvalue weighted by molar-refractivity contribution is 7.47. The molecule has 3 N–H and O–H groups in total. The van der Waals surface area contributed by atoms with Crippen LogP contribution in [0.25, 0.3) is 0 Å². The molecule has 10 nitrogen and oxygen atoms in total. The number of hydrogen-bond acceptors (Lipinski definition) is 9. The van der Waals surface area contributed by atoms with Gasteiger partial charge in [0.15, 0.2) is 0 Å². The number of allylic oxidation sites excluding steroid dienone is 4. The number of esters is 2. The van der Waals surface area contributed by atoms with E-state index in [1.54, 1.807) is 0 Å². The van der Waals surface area contributed by atoms with Crippen molar-refractivity contribution in [2.45, 2.75) is 232 Å². The van der Waals surface area contributed by atoms with E-state index in [0.29, 0.717) is 12.8 Å². The summed E-state index contributed by atoms with van der Waals surface area (Å²) in [6.45, 7) is 2.21. The van der Waals surface area contributed by atoms with Gasteiger partial charge in [0, 0.05) is 12.8 Å². The summed E-state index contributed by atoms with van der Waals surface area (Å²) in [7, 11) is -4.63. The van der Waals surface area contributed by atoms with Crippen LogP contribution in [0.4, 0.5) is 0 Å². The molecule has 0 bridgehead atoms. The zero-order valence-electron chi connectivity index (χ0n) is 36.6. The van der Waals surface area contributed by atoms with Gasteiger partial charge in [-0.2, -0.15) is 0 Å². The van der Waals surface area contributed by atoms with Crippen molar-refractivity contribution in [2.75, 3.05) is 26.4 Å². The van der Waals surface area contributed by atoms with Crippen LogP contribution in [0.3, 0.4) is 0 Å². The number of phosphoric acid groups is 1. The Morgan fingerprint density at radius 1 is 0.474 bits per heavy atom. The maximum atomic E-state index is 12.4. The van der Waals surface area contributed by atoms with E-state index in [2.05, 4.69) is 38.2 Å². The second kappa shape index (κ2) is 42.6. The lowest BCUT2D eigenvalue weighted by molar-refractivity contribution is -0.153. The van der Waals surface area contributed by atoms with E-state index in [1.165, 1.54) is 128 Å². The van der Waals surface area contributed by atoms with E-state index in [4.69, 9.17) is 18.5 Å². The summed E-state index contributed by atoms with van der Waals surface area (Å²) in [4.78, 5) is 34.6. The Morgan fingerprint density at radius 2 is 0.772 bits per heavy atom. The fourth-order valence-corrected chi connectivity index (χ4v) is 7.34. The molecular formula is C46H87O10P. The molecule has 3 unspecified atom stereocenters. The Balaban J connectivity index is 3.87. The minimum absolute atomic E-state index is 0.189. The fraction of sp³-hybridized carbons (Fsp3) is 0.870. The topological polar surface area (TPSA) is 149 Å². The Labute approximate surface area is 348 Å². The number of carbonyl (C=O) groups is 2. The highest BCUT2D eigenvalue weighted by Gasteiger charge is 2.27. The van der Waals surface area contributed by atoms with Gasteiger partial charge in [0.2, 0.25) is 0 Å². The maximum Gasteiger partial charge on any atom is 0.472 e. The van der Waals surface area contributed by atoms with Gasteiger partial charge in [0.05, 0.1) is 26.4 Å². The van der Waals surface area contributed by atoms with Gasteiger partial charge in [0.1, 0.15) is 12.2 Å². The summed E-state index contributed by atoms with van der Waals surface area (Å²) >= 11 is 0. The minimum Gasteiger partial charge on any atom is -0.457 e. The van der Waals surface area contributed by atoms with Crippen molar-refractivity contribution in [3.63, 3.8) is 0 Å². The van der Waals surface area contributed by atoms with E-state index < -0.39 is 58.4 Å². The van der Waals surface area contributed by atoms with Gasteiger partial charge in [-0.05, 0) is 44.9 Å². The van der Waals surface area contributed by atoms with Gasteiger partial charge in [-0.25, -0.2) is 4.57 Å². The molecule has 0 saturated carbocycles. The van der Waals surface area contributed by atoms with Gasteiger partial charge in [-0.1, -0.05) is 186 Å². The third kappa shape index (κ3) is 41.0. The summed E-state index contributed by atoms with van der Waals surface area (Å²) in [5.74, 6) is -1.01. The average molecular weight is 831 g/mol. The number of carbonyl (C=O) groups excluding carboxylic acids is 2. The molecule has 336 valence electrons. The quantitative estimate of drug-likeness (QED) is 0.0234. The Bertz CT molecular complexity index is 1000. The van der Waals surface area contributed by atoms with E-state index >= 15 is 0 Å². The van der Waals surface area contributed by atoms with Crippen LogP contribution in [-0.2, 0) is 32.7 Å². The molecule has 0 heterocycles. The number of ether oxygens (including phenoxy) is 2. The first kappa shape index (κ1) is 55.5. The molecule has 0 radical (unpaired) electrons. The van der Waals surface area contributed by atoms with Crippen molar-refractivity contribution in [3.8, 4) is 0 Å². The van der Waals surface area contributed by atoms with Gasteiger partial charge >= 0.3 is 19.8 Å². The van der Waals surface area contributed by atoms with Crippen LogP contribution < -0.4 is 0 Å². The molecule has 0 aromatic heterocycles. The minimum atomic E-state index is -4.63. The molecule has 0 aliphatic carbocycles. The van der Waals surface area contributed by atoms with Gasteiger partial charge in [-0.15, -0.1) is 0 Å². The average Bonchev–Trinajstić information content (AvgIpc) is 3.20. The zero-order valence-corrected chi connectivity index (χ0v) is 37.5. The third-order valence-electron chi connectivity index (χ3n) is 10.2. The molecule has 0 aliphatic heterocycles. The predicted molar refractivity (Wildman–Crippen MR) is 233 cm³/mol. The van der Waals surface area contributed by atoms with E-state index in [1.807, 2.05) is 0 Å². The van der Waals surface area contributed by atoms with Gasteiger partial charge < -0.3 is 24.6 Å². The van der Waals surface area contributed by atoms with Crippen LogP contribution in [0.5, 0.6) is 0 Å². The van der Waals surface area contributed by atoms with Crippen molar-refractivity contribution >= 4 is 19.8 Å². The smallest absolute Gasteiger partial charge is 0.457 e. The van der Waals surface area contributed by atoms with Gasteiger partial charge in [0.25, 0.3) is 0 Å². The monoisotopic (exact) mass is 831 g/mol. The van der Waals surface area contributed by atoms with Crippen LogP contribution in [-0.4, -0.2) is 65.7 Å². The molecule has 11 heteroatoms. The van der Waals surface area contributed by atoms with E-state index in [9.17, 15) is 29.3 Å². The molecule has 0 amide bonds. The van der Waals surface area contributed by atoms with Crippen molar-refractivity contribution < 1.29 is 47.8 Å². The largest absolute Gasteiger partial charge is 0.472 e. The van der Waals surface area contributed by atoms with Crippen LogP contribution in [0.2, 0.25) is 0 Å². The fourth-order valence-electron chi connectivity index (χ4n) is 6.56. The SMILES string of the molecule is CCCCC/C=C\C/C=C\CCCCCCCCCCCC(=O)OC(CO)COP(=O)(O)OCC(CO)OC(=O)CCCCCCCCCCCCCCCCC. The number of aliphatic hydroxyl groups is 2. The molecule has 57 heavy (non-hydrogen) atoms. The number of rotatable bonds is 44. The summed E-state index contributed by atoms with van der Waals surface area (Å²) in [6, 6.07) is 0. The first-order chi connectivity index (χ1) is 27.8. The number of hydrogen-bond donors (Lipinski definition) is 3. The first-order valence-electron chi connectivity index (χ1n) is 23.3. The normalized spacial score (nSPS) is 14.0. The van der Waals surface area contributed by atoms with Crippen LogP contribution in [0.1, 0.15) is 219 Å². The summed E-state index contributed by atoms with van der Waals surface area (Å²) < 4.78 is 32.6. The Kier molecular flexibility index (Phi) is 41.4. The van der Waals surface area contributed by atoms with Crippen molar-refractivity contribution in [3.05, 3.63) is 24.3 Å². The molecule has 0 rings (SSSR count). The van der Waals surface area contributed by atoms with Crippen molar-refractivity contribution in [1.29, 1.82) is 0 Å². The van der Waals surface area contributed by atoms with Crippen LogP contribution in [0, 0.1) is 0 Å². The van der Waals surface area contributed by atoms with Crippen LogP contribution >= 0.6 is 7.82 Å². The lowest BCUT2D eigenvalue weighted by Gasteiger charge is -2.20. The molecule has 3 atom stereocenters. The summed E-state index contributed by atoms with van der Waals surface area (Å²) in [6.07, 6.45) is 42.9. The van der Waals surface area contributed by atoms with Crippen LogP contribution in [0.15, 0.2) is 24.3 Å². The molecular weight excluding hydrogens is 743 g/mol. The number of phosphoric ester groups is 1. The summed E-state index contributed by atoms with van der Waals surface area (Å²) in [5, 5.41) is 19.2. The lowest BCUT2D eigenvalue weighted by Crippen LogP contribution is -2.28. The summed E-state index contributed by atoms with van der Waals surface area (Å²) in [5.41, 5.74) is 0. The van der Waals surface area contributed by atoms with E-state index in [-0.39, 0.29) is 12.8 Å². The molecule has 0 fully saturated rings. The second-order valence-electron chi connectivity index (χ2n) is 15.7. The second-order valence-corrected chi connectivity index (χ2v) is 17.2. The molecule has 0 aromatic carbocycles. The van der Waals surface area contributed by atoms with E-state index in [0.717, 1.165) is 51.4 Å². The zero-order chi connectivity index (χ0) is 41.9. The maximum absolute atomic E-state index is 12.4. The first-order valence-corrected chi connectivity index (χ1v) is 24.8. The van der Waals surface area contributed by atoms with Gasteiger partial charge in [-0.3, -0.25) is 18.6 Å². The Morgan fingerprint density at radius 3 is 1.12 bits per heavy atom. The van der Waals surface area contributed by atoms with Crippen molar-refractivity contribution in [2.24, 2.45) is 0 Å². The molecule has 0 aliphatic rings. The number of unbranched alkanes of at least 4 members (excludes halogenated alkanes) is 26. The standard InChI is InChI=1S/C46H87O10P/c1-3-5-7-9-11-13-15-17-19-20-21-22-24-26-28-30-32-34-36-38-46(50)56-44(40-48)42-54-57(51,52)53-41-43(39-47)55-45(49)37-35-33-31-29-27-25-23-18-16-14-12-10-8-6-4-2/h11,13,17,19,43-44,47-48H,3-10,12,14-16,18,20-42H2,1-2H3,(H,51,52)/b13-11-,19-17-. The molecule has 0 aromatic rings. The third-order valence-corrected chi connectivity index (χ3v) is 11.1. The molecule has 0 spiro atoms. The number of aliphatic hydroxyl groups excluding tert-OH is 2. The Hall–Kier alpha value is -1.55. The van der Waals surface area contributed by atoms with Crippen molar-refractivity contribution in [1.82, 2.24) is 0 Å². The predicted octanol–water partition coefficient (Wildman–Crippen LogP) is 12.6. The lowest BCUT2D eigenvalue weighted by atomic mass is 10.0. The molecule has 0 saturated heterocycles.